The van der Waals surface area contributed by atoms with Gasteiger partial charge in [-0.2, -0.15) is 0 Å². The molecule has 2 fully saturated rings. The number of fused-ring (bicyclic) bond motifs is 5. The molecule has 6 rings (SSSR count). The molecule has 1 aromatic heterocycles. The Hall–Kier alpha value is -3.74. The Morgan fingerprint density at radius 2 is 1.67 bits per heavy atom. The number of pyridine rings is 1. The van der Waals surface area contributed by atoms with E-state index in [-0.39, 0.29) is 48.2 Å². The lowest BCUT2D eigenvalue weighted by molar-refractivity contribution is -0.159. The Kier molecular flexibility index (Phi) is 10.2. The average molecular weight is 667 g/mol. The van der Waals surface area contributed by atoms with E-state index < -0.39 is 11.6 Å². The number of aromatic nitrogens is 1. The normalized spacial score (nSPS) is 29.0. The van der Waals surface area contributed by atoms with Crippen molar-refractivity contribution in [3.05, 3.63) is 83.7 Å². The highest BCUT2D eigenvalue weighted by molar-refractivity contribution is 5.82. The molecule has 0 N–H and O–H groups in total. The molecule has 2 saturated carbocycles. The number of esters is 2. The summed E-state index contributed by atoms with van der Waals surface area (Å²) >= 11 is 0. The van der Waals surface area contributed by atoms with Crippen LogP contribution in [-0.4, -0.2) is 46.0 Å². The van der Waals surface area contributed by atoms with Crippen molar-refractivity contribution >= 4 is 23.4 Å². The van der Waals surface area contributed by atoms with Crippen molar-refractivity contribution in [2.75, 3.05) is 6.54 Å². The molecule has 1 aromatic carbocycles. The first-order valence-electron chi connectivity index (χ1n) is 18.4. The molecule has 0 aliphatic heterocycles. The van der Waals surface area contributed by atoms with Crippen molar-refractivity contribution in [1.29, 1.82) is 0 Å². The van der Waals surface area contributed by atoms with Crippen LogP contribution in [0.3, 0.4) is 0 Å². The minimum atomic E-state index is -0.635. The Labute approximate surface area is 292 Å². The van der Waals surface area contributed by atoms with Gasteiger partial charge < -0.3 is 14.4 Å². The van der Waals surface area contributed by atoms with Gasteiger partial charge in [-0.1, -0.05) is 68.0 Å². The zero-order valence-corrected chi connectivity index (χ0v) is 30.1. The quantitative estimate of drug-likeness (QED) is 0.187. The number of hydrogen-bond donors (Lipinski definition) is 0. The average Bonchev–Trinajstić information content (AvgIpc) is 3.42. The van der Waals surface area contributed by atoms with E-state index in [1.54, 1.807) is 0 Å². The minimum Gasteiger partial charge on any atom is -0.462 e. The molecule has 7 nitrogen and oxygen atoms in total. The molecule has 1 heterocycles. The zero-order chi connectivity index (χ0) is 34.8. The lowest BCUT2D eigenvalue weighted by Crippen LogP contribution is -2.50. The molecule has 1 amide bonds. The third-order valence-electron chi connectivity index (χ3n) is 12.0. The van der Waals surface area contributed by atoms with Gasteiger partial charge in [-0.05, 0) is 117 Å². The third kappa shape index (κ3) is 7.71. The number of ether oxygens (including phenoxy) is 2. The standard InChI is InChI=1S/C42H54N2O5/c1-40(2,3)49-39(47)28-44(27-29-11-7-6-8-12-29)37(45)14-9-15-38(46)48-32-20-22-41(4)31(25-32)16-17-33-35-19-18-34(30-13-10-24-43-26-30)42(35,5)23-21-36(33)41/h6-8,10-13,16,18,24,26,32-33,35-36H,9,14-15,17,19-23,25,27-28H2,1-5H3/t32-,33-,35?,36?,41-,42+/m0/s1. The van der Waals surface area contributed by atoms with Gasteiger partial charge >= 0.3 is 11.9 Å². The van der Waals surface area contributed by atoms with Gasteiger partial charge in [-0.25, -0.2) is 0 Å². The molecule has 2 unspecified atom stereocenters. The minimum absolute atomic E-state index is 0.111. The second-order valence-electron chi connectivity index (χ2n) is 16.3. The second-order valence-corrected chi connectivity index (χ2v) is 16.3. The van der Waals surface area contributed by atoms with E-state index in [4.69, 9.17) is 9.47 Å². The molecule has 0 spiro atoms. The van der Waals surface area contributed by atoms with Crippen LogP contribution in [-0.2, 0) is 30.4 Å². The van der Waals surface area contributed by atoms with E-state index in [1.807, 2.05) is 63.5 Å². The fraction of sp³-hybridized carbons (Fsp3) is 0.571. The second kappa shape index (κ2) is 14.2. The van der Waals surface area contributed by atoms with E-state index in [0.29, 0.717) is 30.7 Å². The number of hydrogen-bond acceptors (Lipinski definition) is 6. The largest absolute Gasteiger partial charge is 0.462 e. The molecule has 262 valence electrons. The molecular weight excluding hydrogens is 612 g/mol. The first-order valence-corrected chi connectivity index (χ1v) is 18.4. The number of nitrogens with zero attached hydrogens (tertiary/aromatic N) is 2. The SMILES string of the molecule is CC(C)(C)OC(=O)CN(Cc1ccccc1)C(=O)CCCC(=O)O[C@H]1CC[C@@]2(C)C(=CC[C@@H]3C2CC[C@]2(C)C(c4cccnc4)=CCC32)C1. The number of amides is 1. The zero-order valence-electron chi connectivity index (χ0n) is 30.1. The van der Waals surface area contributed by atoms with Crippen molar-refractivity contribution in [3.8, 4) is 0 Å². The van der Waals surface area contributed by atoms with E-state index in [9.17, 15) is 14.4 Å². The predicted octanol–water partition coefficient (Wildman–Crippen LogP) is 8.49. The Balaban J connectivity index is 1.01. The van der Waals surface area contributed by atoms with Crippen LogP contribution in [0.5, 0.6) is 0 Å². The van der Waals surface area contributed by atoms with Crippen LogP contribution in [0.25, 0.3) is 5.57 Å². The van der Waals surface area contributed by atoms with Gasteiger partial charge in [0.1, 0.15) is 18.2 Å². The maximum Gasteiger partial charge on any atom is 0.326 e. The van der Waals surface area contributed by atoms with Crippen LogP contribution in [0.15, 0.2) is 72.6 Å². The molecular formula is C42H54N2O5. The molecule has 0 radical (unpaired) electrons. The Morgan fingerprint density at radius 1 is 0.898 bits per heavy atom. The summed E-state index contributed by atoms with van der Waals surface area (Å²) in [7, 11) is 0. The molecule has 4 aliphatic carbocycles. The number of allylic oxidation sites excluding steroid dienone is 3. The maximum atomic E-state index is 13.3. The summed E-state index contributed by atoms with van der Waals surface area (Å²) in [4.78, 5) is 44.8. The predicted molar refractivity (Wildman–Crippen MR) is 191 cm³/mol. The van der Waals surface area contributed by atoms with Crippen molar-refractivity contribution in [2.45, 2.75) is 117 Å². The number of carbonyl (C=O) groups excluding carboxylic acids is 3. The van der Waals surface area contributed by atoms with Crippen molar-refractivity contribution in [3.63, 3.8) is 0 Å². The number of rotatable bonds is 10. The van der Waals surface area contributed by atoms with E-state index in [0.717, 1.165) is 37.7 Å². The van der Waals surface area contributed by atoms with Crippen LogP contribution < -0.4 is 0 Å². The van der Waals surface area contributed by atoms with Gasteiger partial charge in [0.2, 0.25) is 5.91 Å². The highest BCUT2D eigenvalue weighted by Gasteiger charge is 2.57. The molecule has 6 atom stereocenters. The fourth-order valence-corrected chi connectivity index (χ4v) is 9.62. The Bertz CT molecular complexity index is 1580. The summed E-state index contributed by atoms with van der Waals surface area (Å²) < 4.78 is 11.5. The summed E-state index contributed by atoms with van der Waals surface area (Å²) in [5.41, 5.74) is 4.91. The topological polar surface area (TPSA) is 85.8 Å². The lowest BCUT2D eigenvalue weighted by Gasteiger charge is -2.57. The summed E-state index contributed by atoms with van der Waals surface area (Å²) in [6.45, 7) is 10.6. The lowest BCUT2D eigenvalue weighted by atomic mass is 9.47. The number of carbonyl (C=O) groups is 3. The van der Waals surface area contributed by atoms with Crippen LogP contribution in [0.2, 0.25) is 0 Å². The van der Waals surface area contributed by atoms with Gasteiger partial charge in [0.05, 0.1) is 0 Å². The molecule has 2 aromatic rings. The van der Waals surface area contributed by atoms with Crippen LogP contribution in [0.4, 0.5) is 0 Å². The highest BCUT2D eigenvalue weighted by atomic mass is 16.6. The fourth-order valence-electron chi connectivity index (χ4n) is 9.62. The first-order chi connectivity index (χ1) is 23.4. The molecule has 7 heteroatoms. The summed E-state index contributed by atoms with van der Waals surface area (Å²) in [5, 5.41) is 0. The van der Waals surface area contributed by atoms with Crippen molar-refractivity contribution in [1.82, 2.24) is 9.88 Å². The van der Waals surface area contributed by atoms with Gasteiger partial charge in [0.15, 0.2) is 0 Å². The van der Waals surface area contributed by atoms with Gasteiger partial charge in [0.25, 0.3) is 0 Å². The van der Waals surface area contributed by atoms with Crippen molar-refractivity contribution in [2.24, 2.45) is 28.6 Å². The van der Waals surface area contributed by atoms with Gasteiger partial charge in [0, 0.05) is 38.2 Å². The smallest absolute Gasteiger partial charge is 0.326 e. The molecule has 49 heavy (non-hydrogen) atoms. The third-order valence-corrected chi connectivity index (χ3v) is 12.0. The van der Waals surface area contributed by atoms with Gasteiger partial charge in [-0.3, -0.25) is 19.4 Å². The van der Waals surface area contributed by atoms with Crippen molar-refractivity contribution < 1.29 is 23.9 Å². The van der Waals surface area contributed by atoms with Crippen LogP contribution in [0.1, 0.15) is 110 Å². The van der Waals surface area contributed by atoms with E-state index in [1.165, 1.54) is 34.5 Å². The summed E-state index contributed by atoms with van der Waals surface area (Å²) in [5.74, 6) is 1.13. The summed E-state index contributed by atoms with van der Waals surface area (Å²) in [6, 6.07) is 13.9. The van der Waals surface area contributed by atoms with E-state index in [2.05, 4.69) is 43.1 Å². The van der Waals surface area contributed by atoms with Crippen LogP contribution >= 0.6 is 0 Å². The highest BCUT2D eigenvalue weighted by Crippen LogP contribution is 2.66. The maximum absolute atomic E-state index is 13.3. The monoisotopic (exact) mass is 666 g/mol. The molecule has 0 bridgehead atoms. The first kappa shape index (κ1) is 35.1. The number of benzene rings is 1. The molecule has 0 saturated heterocycles. The summed E-state index contributed by atoms with van der Waals surface area (Å²) in [6.07, 6.45) is 16.9. The Morgan fingerprint density at radius 3 is 2.41 bits per heavy atom. The van der Waals surface area contributed by atoms with Crippen LogP contribution in [0, 0.1) is 28.6 Å². The van der Waals surface area contributed by atoms with E-state index >= 15 is 0 Å². The molecule has 4 aliphatic rings. The van der Waals surface area contributed by atoms with Gasteiger partial charge in [-0.15, -0.1) is 0 Å².